The van der Waals surface area contributed by atoms with Crippen LogP contribution in [0.15, 0.2) is 41.4 Å². The molecule has 0 amide bonds. The quantitative estimate of drug-likeness (QED) is 0.244. The van der Waals surface area contributed by atoms with Crippen LogP contribution in [0.25, 0.3) is 0 Å². The van der Waals surface area contributed by atoms with Crippen LogP contribution in [0.2, 0.25) is 0 Å². The van der Waals surface area contributed by atoms with E-state index in [4.69, 9.17) is 5.41 Å². The summed E-state index contributed by atoms with van der Waals surface area (Å²) >= 11 is 3.35. The first-order chi connectivity index (χ1) is 14.2. The smallest absolute Gasteiger partial charge is 0.369 e. The van der Waals surface area contributed by atoms with Crippen LogP contribution in [0, 0.1) is 5.41 Å². The lowest BCUT2D eigenvalue weighted by atomic mass is 10.1. The molecule has 0 spiro atoms. The van der Waals surface area contributed by atoms with Gasteiger partial charge in [-0.2, -0.15) is 18.2 Å². The fourth-order valence-electron chi connectivity index (χ4n) is 2.57. The number of hydrogen-bond acceptors (Lipinski definition) is 6. The summed E-state index contributed by atoms with van der Waals surface area (Å²) < 4.78 is 40.3. The van der Waals surface area contributed by atoms with Gasteiger partial charge >= 0.3 is 6.18 Å². The minimum Gasteiger partial charge on any atom is -0.369 e. The standard InChI is InChI=1S/C18H18BrF3N8/c1-10(23)28-13-4-11(18(20,21)22)5-14(6-13)29-17-26-8-15(19)16(30-17)25-3-2-12-7-24-9-27-12/h4-9H,2-3H2,1H3,(H2,23,28)(H,24,27)(H2,25,26,29,30). The maximum Gasteiger partial charge on any atom is 0.416 e. The molecule has 0 radical (unpaired) electrons. The summed E-state index contributed by atoms with van der Waals surface area (Å²) in [5, 5.41) is 16.0. The van der Waals surface area contributed by atoms with Gasteiger partial charge in [0.1, 0.15) is 5.82 Å². The van der Waals surface area contributed by atoms with Gasteiger partial charge in [0.05, 0.1) is 27.9 Å². The van der Waals surface area contributed by atoms with Crippen LogP contribution in [0.3, 0.4) is 0 Å². The zero-order valence-corrected chi connectivity index (χ0v) is 17.3. The van der Waals surface area contributed by atoms with Crippen molar-refractivity contribution in [2.45, 2.75) is 19.5 Å². The van der Waals surface area contributed by atoms with E-state index in [2.05, 4.69) is 51.8 Å². The number of amidine groups is 1. The van der Waals surface area contributed by atoms with E-state index >= 15 is 0 Å². The summed E-state index contributed by atoms with van der Waals surface area (Å²) in [6, 6.07) is 3.34. The van der Waals surface area contributed by atoms with Crippen molar-refractivity contribution in [2.24, 2.45) is 0 Å². The van der Waals surface area contributed by atoms with Crippen LogP contribution in [-0.2, 0) is 12.6 Å². The second kappa shape index (κ2) is 9.11. The normalized spacial score (nSPS) is 11.2. The van der Waals surface area contributed by atoms with E-state index in [9.17, 15) is 13.2 Å². The minimum absolute atomic E-state index is 0.0172. The van der Waals surface area contributed by atoms with Crippen LogP contribution in [0.5, 0.6) is 0 Å². The van der Waals surface area contributed by atoms with Crippen molar-refractivity contribution in [3.8, 4) is 0 Å². The Hall–Kier alpha value is -3.15. The van der Waals surface area contributed by atoms with E-state index < -0.39 is 11.7 Å². The van der Waals surface area contributed by atoms with Gasteiger partial charge in [-0.1, -0.05) is 0 Å². The third-order valence-corrected chi connectivity index (χ3v) is 4.40. The van der Waals surface area contributed by atoms with Gasteiger partial charge in [-0.05, 0) is 41.1 Å². The zero-order chi connectivity index (χ0) is 21.7. The molecule has 3 rings (SSSR count). The van der Waals surface area contributed by atoms with Crippen LogP contribution in [0.1, 0.15) is 18.2 Å². The molecule has 0 fully saturated rings. The Balaban J connectivity index is 1.78. The number of anilines is 4. The van der Waals surface area contributed by atoms with E-state index in [0.29, 0.717) is 23.3 Å². The summed E-state index contributed by atoms with van der Waals surface area (Å²) in [7, 11) is 0. The summed E-state index contributed by atoms with van der Waals surface area (Å²) in [6.07, 6.45) is 1.01. The monoisotopic (exact) mass is 482 g/mol. The Morgan fingerprint density at radius 1 is 1.20 bits per heavy atom. The second-order valence-corrected chi connectivity index (χ2v) is 7.15. The van der Waals surface area contributed by atoms with Gasteiger partial charge in [0.25, 0.3) is 0 Å². The molecule has 0 bridgehead atoms. The first-order valence-electron chi connectivity index (χ1n) is 8.76. The Morgan fingerprint density at radius 3 is 2.63 bits per heavy atom. The fraction of sp³-hybridized carbons (Fsp3) is 0.222. The molecule has 1 aromatic carbocycles. The number of benzene rings is 1. The average Bonchev–Trinajstić information content (AvgIpc) is 3.16. The molecule has 0 saturated carbocycles. The van der Waals surface area contributed by atoms with Gasteiger partial charge in [0, 0.05) is 36.7 Å². The molecule has 12 heteroatoms. The maximum atomic E-state index is 13.2. The van der Waals surface area contributed by atoms with E-state index in [-0.39, 0.29) is 23.2 Å². The molecular formula is C18H18BrF3N8. The highest BCUT2D eigenvalue weighted by molar-refractivity contribution is 9.10. The van der Waals surface area contributed by atoms with E-state index in [1.54, 1.807) is 12.5 Å². The molecule has 2 heterocycles. The minimum atomic E-state index is -4.54. The lowest BCUT2D eigenvalue weighted by Gasteiger charge is -2.14. The summed E-state index contributed by atoms with van der Waals surface area (Å²) in [5.41, 5.74) is 0.301. The van der Waals surface area contributed by atoms with E-state index in [1.807, 2.05) is 0 Å². The van der Waals surface area contributed by atoms with Crippen molar-refractivity contribution >= 4 is 44.9 Å². The van der Waals surface area contributed by atoms with Crippen molar-refractivity contribution in [1.82, 2.24) is 19.9 Å². The van der Waals surface area contributed by atoms with Crippen molar-refractivity contribution in [3.05, 3.63) is 52.7 Å². The zero-order valence-electron chi connectivity index (χ0n) is 15.7. The number of H-pyrrole nitrogens is 1. The lowest BCUT2D eigenvalue weighted by Crippen LogP contribution is -2.11. The molecule has 3 aromatic rings. The Kier molecular flexibility index (Phi) is 6.55. The largest absolute Gasteiger partial charge is 0.416 e. The first kappa shape index (κ1) is 21.6. The predicted octanol–water partition coefficient (Wildman–Crippen LogP) is 4.79. The highest BCUT2D eigenvalue weighted by atomic mass is 79.9. The van der Waals surface area contributed by atoms with Crippen LogP contribution >= 0.6 is 15.9 Å². The van der Waals surface area contributed by atoms with Gasteiger partial charge in [-0.25, -0.2) is 9.97 Å². The number of aromatic nitrogens is 4. The van der Waals surface area contributed by atoms with Gasteiger partial charge in [-0.3, -0.25) is 5.41 Å². The second-order valence-electron chi connectivity index (χ2n) is 6.30. The molecule has 0 saturated heterocycles. The van der Waals surface area contributed by atoms with Gasteiger partial charge in [0.15, 0.2) is 0 Å². The molecule has 8 nitrogen and oxygen atoms in total. The highest BCUT2D eigenvalue weighted by Crippen LogP contribution is 2.34. The van der Waals surface area contributed by atoms with E-state index in [0.717, 1.165) is 17.8 Å². The van der Waals surface area contributed by atoms with Gasteiger partial charge < -0.3 is 20.9 Å². The molecule has 158 valence electrons. The number of nitrogens with one attached hydrogen (secondary N) is 5. The third-order valence-electron chi connectivity index (χ3n) is 3.82. The Morgan fingerprint density at radius 2 is 1.97 bits per heavy atom. The van der Waals surface area contributed by atoms with Gasteiger partial charge in [-0.15, -0.1) is 0 Å². The number of imidazole rings is 1. The first-order valence-corrected chi connectivity index (χ1v) is 9.55. The molecule has 5 N–H and O–H groups in total. The summed E-state index contributed by atoms with van der Waals surface area (Å²) in [6.45, 7) is 1.99. The molecule has 0 aliphatic carbocycles. The number of halogens is 4. The number of hydrogen-bond donors (Lipinski definition) is 5. The van der Waals surface area contributed by atoms with Crippen molar-refractivity contribution in [2.75, 3.05) is 22.5 Å². The third kappa shape index (κ3) is 5.92. The predicted molar refractivity (Wildman–Crippen MR) is 112 cm³/mol. The SMILES string of the molecule is CC(=N)Nc1cc(Nc2ncc(Br)c(NCCc3c[nH]cn3)n2)cc(C(F)(F)F)c1. The molecule has 30 heavy (non-hydrogen) atoms. The summed E-state index contributed by atoms with van der Waals surface area (Å²) in [5.74, 6) is 0.629. The van der Waals surface area contributed by atoms with Crippen molar-refractivity contribution in [3.63, 3.8) is 0 Å². The van der Waals surface area contributed by atoms with Crippen molar-refractivity contribution < 1.29 is 13.2 Å². The number of aromatic amines is 1. The molecule has 0 aliphatic rings. The Labute approximate surface area is 178 Å². The van der Waals surface area contributed by atoms with E-state index in [1.165, 1.54) is 19.2 Å². The maximum absolute atomic E-state index is 13.2. The van der Waals surface area contributed by atoms with Crippen LogP contribution in [-0.4, -0.2) is 32.3 Å². The van der Waals surface area contributed by atoms with Crippen molar-refractivity contribution in [1.29, 1.82) is 5.41 Å². The highest BCUT2D eigenvalue weighted by Gasteiger charge is 2.31. The molecule has 0 atom stereocenters. The lowest BCUT2D eigenvalue weighted by molar-refractivity contribution is -0.137. The number of nitrogens with zero attached hydrogens (tertiary/aromatic N) is 3. The molecule has 0 unspecified atom stereocenters. The molecule has 2 aromatic heterocycles. The van der Waals surface area contributed by atoms with Crippen LogP contribution in [0.4, 0.5) is 36.3 Å². The summed E-state index contributed by atoms with van der Waals surface area (Å²) in [4.78, 5) is 15.4. The topological polar surface area (TPSA) is 114 Å². The number of rotatable bonds is 7. The average molecular weight is 483 g/mol. The van der Waals surface area contributed by atoms with Crippen LogP contribution < -0.4 is 16.0 Å². The fourth-order valence-corrected chi connectivity index (χ4v) is 2.90. The van der Waals surface area contributed by atoms with Gasteiger partial charge in [0.2, 0.25) is 5.95 Å². The molecular weight excluding hydrogens is 465 g/mol. The Bertz CT molecular complexity index is 1020. The number of alkyl halides is 3. The molecule has 0 aliphatic heterocycles.